The molecular weight excluding hydrogens is 476 g/mol. The molecule has 0 fully saturated rings. The lowest BCUT2D eigenvalue weighted by atomic mass is 9.85. The number of nitrogens with two attached hydrogens (primary N) is 1. The molecule has 3 amide bonds. The van der Waals surface area contributed by atoms with Crippen molar-refractivity contribution in [3.63, 3.8) is 0 Å². The first kappa shape index (κ1) is 26.3. The predicted octanol–water partition coefficient (Wildman–Crippen LogP) is 4.76. The van der Waals surface area contributed by atoms with Crippen LogP contribution in [-0.4, -0.2) is 23.8 Å². The van der Waals surface area contributed by atoms with Gasteiger partial charge in [-0.2, -0.15) is 5.84 Å². The maximum Gasteiger partial charge on any atom is 0.368 e. The summed E-state index contributed by atoms with van der Waals surface area (Å²) in [7, 11) is 0. The molecule has 1 heterocycles. The molecule has 1 aliphatic heterocycles. The van der Waals surface area contributed by atoms with E-state index >= 15 is 0 Å². The highest BCUT2D eigenvalue weighted by Gasteiger charge is 2.55. The van der Waals surface area contributed by atoms with Crippen LogP contribution in [0.2, 0.25) is 0 Å². The zero-order valence-electron chi connectivity index (χ0n) is 21.2. The van der Waals surface area contributed by atoms with Crippen LogP contribution in [0, 0.1) is 17.0 Å². The van der Waals surface area contributed by atoms with Crippen molar-refractivity contribution in [1.82, 2.24) is 9.91 Å². The number of rotatable bonds is 4. The monoisotopic (exact) mass is 506 g/mol. The number of benzene rings is 3. The minimum Gasteiger partial charge on any atom is -0.340 e. The van der Waals surface area contributed by atoms with Gasteiger partial charge in [-0.15, -0.1) is 0 Å². The summed E-state index contributed by atoms with van der Waals surface area (Å²) in [6, 6.07) is 16.0. The van der Waals surface area contributed by atoms with Gasteiger partial charge in [-0.05, 0) is 47.2 Å². The standard InChI is InChI=1S/C29H29F2N3O3/c1-17-21-9-5-6-10-22(21)23-11-7-8-12-24(23)34(32,27(17)36)28(37)26(29(2,3)4)33-25(35)15-18-13-19(30)16-20(31)14-18/h5-14,16-17,26H,15,32H2,1-4H3/p+1/t17?,26-,34+/m1/s1. The fourth-order valence-electron chi connectivity index (χ4n) is 4.88. The van der Waals surface area contributed by atoms with Gasteiger partial charge in [-0.3, -0.25) is 4.79 Å². The molecule has 3 N–H and O–H groups in total. The third-order valence-corrected chi connectivity index (χ3v) is 6.77. The SMILES string of the molecule is CC1C(=O)[N@+](N)(C(=O)[C@@H](NC(=O)Cc2cc(F)cc(F)c2)C(C)(C)C)c2ccccc2-c2ccccc21. The second kappa shape index (κ2) is 9.61. The van der Waals surface area contributed by atoms with Crippen LogP contribution in [0.15, 0.2) is 66.7 Å². The summed E-state index contributed by atoms with van der Waals surface area (Å²) in [6.07, 6.45) is -0.356. The largest absolute Gasteiger partial charge is 0.368 e. The van der Waals surface area contributed by atoms with Crippen molar-refractivity contribution >= 4 is 23.4 Å². The summed E-state index contributed by atoms with van der Waals surface area (Å²) < 4.78 is 26.1. The van der Waals surface area contributed by atoms with E-state index in [0.29, 0.717) is 17.3 Å². The Morgan fingerprint density at radius 3 is 2.16 bits per heavy atom. The van der Waals surface area contributed by atoms with E-state index in [1.165, 1.54) is 0 Å². The van der Waals surface area contributed by atoms with Crippen molar-refractivity contribution in [3.8, 4) is 11.1 Å². The van der Waals surface area contributed by atoms with E-state index in [1.54, 1.807) is 39.8 Å². The van der Waals surface area contributed by atoms with Gasteiger partial charge in [-0.25, -0.2) is 18.4 Å². The molecule has 6 nitrogen and oxygen atoms in total. The first-order valence-electron chi connectivity index (χ1n) is 12.0. The van der Waals surface area contributed by atoms with Crippen molar-refractivity contribution in [3.05, 3.63) is 89.5 Å². The van der Waals surface area contributed by atoms with Crippen molar-refractivity contribution in [1.29, 1.82) is 0 Å². The summed E-state index contributed by atoms with van der Waals surface area (Å²) in [5.74, 6) is 2.60. The van der Waals surface area contributed by atoms with Gasteiger partial charge in [0.05, 0.1) is 6.42 Å². The topological polar surface area (TPSA) is 89.3 Å². The molecule has 0 saturated carbocycles. The molecule has 37 heavy (non-hydrogen) atoms. The number of nitrogens with zero attached hydrogens (tertiary/aromatic N) is 1. The Kier molecular flexibility index (Phi) is 6.83. The molecule has 3 atom stereocenters. The average molecular weight is 507 g/mol. The molecule has 0 spiro atoms. The van der Waals surface area contributed by atoms with E-state index in [0.717, 1.165) is 23.3 Å². The number of para-hydroxylation sites is 1. The number of amides is 3. The summed E-state index contributed by atoms with van der Waals surface area (Å²) >= 11 is 0. The molecule has 8 heteroatoms. The van der Waals surface area contributed by atoms with Gasteiger partial charge in [0.2, 0.25) is 5.91 Å². The summed E-state index contributed by atoms with van der Waals surface area (Å²) in [5, 5.41) is 2.69. The highest BCUT2D eigenvalue weighted by atomic mass is 19.1. The summed E-state index contributed by atoms with van der Waals surface area (Å²) in [4.78, 5) is 41.2. The lowest BCUT2D eigenvalue weighted by molar-refractivity contribution is -0.149. The van der Waals surface area contributed by atoms with Crippen molar-refractivity contribution in [2.45, 2.75) is 46.1 Å². The molecule has 0 aromatic heterocycles. The molecule has 3 aromatic carbocycles. The highest BCUT2D eigenvalue weighted by molar-refractivity contribution is 6.16. The van der Waals surface area contributed by atoms with E-state index in [4.69, 9.17) is 5.84 Å². The first-order chi connectivity index (χ1) is 17.3. The molecule has 4 rings (SSSR count). The van der Waals surface area contributed by atoms with Gasteiger partial charge in [0, 0.05) is 17.7 Å². The van der Waals surface area contributed by atoms with Crippen molar-refractivity contribution in [2.24, 2.45) is 11.3 Å². The minimum atomic E-state index is -1.19. The Bertz CT molecular complexity index is 1380. The van der Waals surface area contributed by atoms with Crippen LogP contribution in [0.4, 0.5) is 14.5 Å². The quantitative estimate of drug-likeness (QED) is 0.304. The van der Waals surface area contributed by atoms with Crippen LogP contribution in [-0.2, 0) is 20.8 Å². The van der Waals surface area contributed by atoms with Gasteiger partial charge in [0.15, 0.2) is 11.7 Å². The smallest absolute Gasteiger partial charge is 0.340 e. The molecule has 0 bridgehead atoms. The van der Waals surface area contributed by atoms with Crippen LogP contribution in [0.1, 0.15) is 44.7 Å². The van der Waals surface area contributed by atoms with Crippen LogP contribution in [0.3, 0.4) is 0 Å². The first-order valence-corrected chi connectivity index (χ1v) is 12.0. The number of quaternary nitrogens is 1. The van der Waals surface area contributed by atoms with Crippen LogP contribution < -0.4 is 15.8 Å². The second-order valence-electron chi connectivity index (χ2n) is 10.5. The lowest BCUT2D eigenvalue weighted by Crippen LogP contribution is -2.71. The van der Waals surface area contributed by atoms with Crippen molar-refractivity contribution < 1.29 is 23.2 Å². The number of carbonyl (C=O) groups excluding carboxylic acids is 3. The number of imide groups is 1. The molecule has 3 aromatic rings. The second-order valence-corrected chi connectivity index (χ2v) is 10.5. The third-order valence-electron chi connectivity index (χ3n) is 6.77. The van der Waals surface area contributed by atoms with E-state index < -0.39 is 51.3 Å². The molecule has 1 unspecified atom stereocenters. The van der Waals surface area contributed by atoms with Crippen LogP contribution in [0.25, 0.3) is 11.1 Å². The number of hydrogen-bond donors (Lipinski definition) is 2. The van der Waals surface area contributed by atoms with Crippen LogP contribution in [0.5, 0.6) is 0 Å². The Balaban J connectivity index is 1.77. The van der Waals surface area contributed by atoms with Gasteiger partial charge in [-0.1, -0.05) is 61.8 Å². The fraction of sp³-hybridized carbons (Fsp3) is 0.276. The number of hydrogen-bond acceptors (Lipinski definition) is 4. The molecule has 1 aliphatic rings. The Morgan fingerprint density at radius 1 is 0.973 bits per heavy atom. The third kappa shape index (κ3) is 4.82. The molecular formula is C29H30F2N3O3+. The van der Waals surface area contributed by atoms with Gasteiger partial charge in [0.25, 0.3) is 0 Å². The van der Waals surface area contributed by atoms with Gasteiger partial charge in [0.1, 0.15) is 17.6 Å². The lowest BCUT2D eigenvalue weighted by Gasteiger charge is -2.36. The summed E-state index contributed by atoms with van der Waals surface area (Å²) in [6.45, 7) is 6.95. The molecule has 0 aliphatic carbocycles. The Labute approximate surface area is 214 Å². The maximum absolute atomic E-state index is 14.3. The average Bonchev–Trinajstić information content (AvgIpc) is 2.90. The number of carbonyl (C=O) groups is 3. The van der Waals surface area contributed by atoms with Gasteiger partial charge >= 0.3 is 11.8 Å². The highest BCUT2D eigenvalue weighted by Crippen LogP contribution is 2.43. The Morgan fingerprint density at radius 2 is 1.54 bits per heavy atom. The zero-order chi connectivity index (χ0) is 27.1. The summed E-state index contributed by atoms with van der Waals surface area (Å²) in [5.41, 5.74) is 1.80. The maximum atomic E-state index is 14.3. The Hall–Kier alpha value is -3.75. The van der Waals surface area contributed by atoms with Crippen LogP contribution >= 0.6 is 0 Å². The fourth-order valence-corrected chi connectivity index (χ4v) is 4.88. The van der Waals surface area contributed by atoms with E-state index in [2.05, 4.69) is 5.32 Å². The number of halogens is 2. The molecule has 192 valence electrons. The number of nitrogens with one attached hydrogen (secondary N) is 1. The number of fused-ring (bicyclic) bond motifs is 3. The van der Waals surface area contributed by atoms with Gasteiger partial charge < -0.3 is 5.32 Å². The van der Waals surface area contributed by atoms with E-state index in [-0.39, 0.29) is 12.0 Å². The normalized spacial score (nSPS) is 19.9. The van der Waals surface area contributed by atoms with E-state index in [1.807, 2.05) is 36.4 Å². The minimum absolute atomic E-state index is 0.118. The molecule has 0 radical (unpaired) electrons. The van der Waals surface area contributed by atoms with E-state index in [9.17, 15) is 23.2 Å². The molecule has 0 saturated heterocycles. The zero-order valence-corrected chi connectivity index (χ0v) is 21.2. The van der Waals surface area contributed by atoms with Crippen molar-refractivity contribution in [2.75, 3.05) is 0 Å². The predicted molar refractivity (Wildman–Crippen MR) is 138 cm³/mol.